The fourth-order valence-corrected chi connectivity index (χ4v) is 3.34. The zero-order chi connectivity index (χ0) is 17.1. The molecular weight excluding hydrogens is 328 g/mol. The molecule has 4 nitrogen and oxygen atoms in total. The van der Waals surface area contributed by atoms with Gasteiger partial charge in [-0.05, 0) is 31.0 Å². The van der Waals surface area contributed by atoms with Crippen molar-refractivity contribution in [2.75, 3.05) is 11.9 Å². The molecule has 2 aromatic carbocycles. The number of hydrogen-bond acceptors (Lipinski definition) is 5. The maximum atomic E-state index is 4.58. The van der Waals surface area contributed by atoms with Crippen molar-refractivity contribution >= 4 is 28.2 Å². The zero-order valence-electron chi connectivity index (χ0n) is 13.9. The average Bonchev–Trinajstić information content (AvgIpc) is 3.09. The number of anilines is 1. The minimum Gasteiger partial charge on any atom is -0.368 e. The summed E-state index contributed by atoms with van der Waals surface area (Å²) >= 11 is 1.68. The normalized spacial score (nSPS) is 10.9. The van der Waals surface area contributed by atoms with Crippen molar-refractivity contribution in [3.05, 3.63) is 70.7 Å². The lowest BCUT2D eigenvalue weighted by Crippen LogP contribution is -2.06. The van der Waals surface area contributed by atoms with Crippen LogP contribution < -0.4 is 5.32 Å². The van der Waals surface area contributed by atoms with Gasteiger partial charge >= 0.3 is 0 Å². The van der Waals surface area contributed by atoms with Crippen LogP contribution in [0.4, 0.5) is 5.82 Å². The second-order valence-corrected chi connectivity index (χ2v) is 6.93. The Morgan fingerprint density at radius 2 is 1.76 bits per heavy atom. The molecule has 2 aromatic heterocycles. The van der Waals surface area contributed by atoms with E-state index in [0.29, 0.717) is 0 Å². The summed E-state index contributed by atoms with van der Waals surface area (Å²) in [6.45, 7) is 2.85. The molecule has 2 heterocycles. The summed E-state index contributed by atoms with van der Waals surface area (Å²) in [4.78, 5) is 13.5. The van der Waals surface area contributed by atoms with Crippen LogP contribution in [0.2, 0.25) is 0 Å². The number of aromatic nitrogens is 3. The van der Waals surface area contributed by atoms with Crippen molar-refractivity contribution in [1.82, 2.24) is 15.0 Å². The van der Waals surface area contributed by atoms with Gasteiger partial charge < -0.3 is 5.32 Å². The van der Waals surface area contributed by atoms with Gasteiger partial charge in [-0.3, -0.25) is 4.98 Å². The molecule has 0 fully saturated rings. The number of benzene rings is 2. The Morgan fingerprint density at radius 3 is 2.52 bits per heavy atom. The van der Waals surface area contributed by atoms with Gasteiger partial charge in [0.2, 0.25) is 0 Å². The number of nitrogens with one attached hydrogen (secondary N) is 1. The Morgan fingerprint density at radius 1 is 0.960 bits per heavy atom. The largest absolute Gasteiger partial charge is 0.368 e. The summed E-state index contributed by atoms with van der Waals surface area (Å²) in [5, 5.41) is 6.55. The predicted molar refractivity (Wildman–Crippen MR) is 104 cm³/mol. The predicted octanol–water partition coefficient (Wildman–Crippen LogP) is 4.72. The fourth-order valence-electron chi connectivity index (χ4n) is 2.72. The summed E-state index contributed by atoms with van der Waals surface area (Å²) in [5.74, 6) is 0.813. The lowest BCUT2D eigenvalue weighted by atomic mass is 10.1. The van der Waals surface area contributed by atoms with Gasteiger partial charge in [-0.2, -0.15) is 0 Å². The summed E-state index contributed by atoms with van der Waals surface area (Å²) in [5.41, 5.74) is 5.34. The van der Waals surface area contributed by atoms with E-state index in [2.05, 4.69) is 49.9 Å². The molecule has 0 spiro atoms. The molecule has 1 N–H and O–H groups in total. The topological polar surface area (TPSA) is 50.7 Å². The quantitative estimate of drug-likeness (QED) is 0.568. The van der Waals surface area contributed by atoms with Crippen LogP contribution in [-0.4, -0.2) is 21.5 Å². The standard InChI is InChI=1S/C20H18N4S/c1-14-23-19(13-25-14)16-8-6-15(7-9-16)10-11-21-20-12-22-17-4-2-3-5-18(17)24-20/h2-9,12-13H,10-11H2,1H3,(H,21,24). The van der Waals surface area contributed by atoms with Gasteiger partial charge in [0.25, 0.3) is 0 Å². The number of aryl methyl sites for hydroxylation is 1. The van der Waals surface area contributed by atoms with E-state index in [1.54, 1.807) is 17.5 Å². The lowest BCUT2D eigenvalue weighted by Gasteiger charge is -2.07. The van der Waals surface area contributed by atoms with Gasteiger partial charge in [0.1, 0.15) is 5.82 Å². The Labute approximate surface area is 150 Å². The van der Waals surface area contributed by atoms with Crippen molar-refractivity contribution in [2.24, 2.45) is 0 Å². The number of rotatable bonds is 5. The van der Waals surface area contributed by atoms with Crippen molar-refractivity contribution in [2.45, 2.75) is 13.3 Å². The minimum atomic E-state index is 0.813. The Kier molecular flexibility index (Phi) is 4.39. The molecule has 25 heavy (non-hydrogen) atoms. The van der Waals surface area contributed by atoms with E-state index < -0.39 is 0 Å². The molecule has 124 valence electrons. The van der Waals surface area contributed by atoms with Crippen molar-refractivity contribution in [3.8, 4) is 11.3 Å². The Balaban J connectivity index is 1.37. The van der Waals surface area contributed by atoms with Crippen molar-refractivity contribution in [3.63, 3.8) is 0 Å². The molecule has 4 rings (SSSR count). The Bertz CT molecular complexity index is 992. The number of nitrogens with zero attached hydrogens (tertiary/aromatic N) is 3. The highest BCUT2D eigenvalue weighted by Gasteiger charge is 2.03. The van der Waals surface area contributed by atoms with Crippen LogP contribution in [0.15, 0.2) is 60.1 Å². The number of thiazole rings is 1. The molecule has 0 aliphatic rings. The van der Waals surface area contributed by atoms with E-state index in [9.17, 15) is 0 Å². The Hall–Kier alpha value is -2.79. The maximum Gasteiger partial charge on any atom is 0.145 e. The summed E-state index contributed by atoms with van der Waals surface area (Å²) in [6.07, 6.45) is 2.72. The molecule has 0 saturated heterocycles. The first-order valence-electron chi connectivity index (χ1n) is 8.25. The molecule has 5 heteroatoms. The molecule has 0 aliphatic heterocycles. The van der Waals surface area contributed by atoms with E-state index in [1.807, 2.05) is 31.2 Å². The highest BCUT2D eigenvalue weighted by atomic mass is 32.1. The summed E-state index contributed by atoms with van der Waals surface area (Å²) in [6, 6.07) is 16.5. The van der Waals surface area contributed by atoms with E-state index in [4.69, 9.17) is 0 Å². The third kappa shape index (κ3) is 3.67. The molecule has 0 saturated carbocycles. The molecule has 0 aliphatic carbocycles. The number of para-hydroxylation sites is 2. The number of hydrogen-bond donors (Lipinski definition) is 1. The molecule has 0 bridgehead atoms. The second-order valence-electron chi connectivity index (χ2n) is 5.87. The zero-order valence-corrected chi connectivity index (χ0v) is 14.8. The average molecular weight is 346 g/mol. The molecule has 0 radical (unpaired) electrons. The van der Waals surface area contributed by atoms with Crippen LogP contribution in [0.1, 0.15) is 10.6 Å². The second kappa shape index (κ2) is 6.99. The van der Waals surface area contributed by atoms with E-state index >= 15 is 0 Å². The first-order valence-corrected chi connectivity index (χ1v) is 9.13. The van der Waals surface area contributed by atoms with E-state index in [0.717, 1.165) is 40.5 Å². The highest BCUT2D eigenvalue weighted by molar-refractivity contribution is 7.09. The summed E-state index contributed by atoms with van der Waals surface area (Å²) < 4.78 is 0. The number of fused-ring (bicyclic) bond motifs is 1. The van der Waals surface area contributed by atoms with Gasteiger partial charge in [-0.1, -0.05) is 36.4 Å². The SMILES string of the molecule is Cc1nc(-c2ccc(CCNc3cnc4ccccc4n3)cc2)cs1. The van der Waals surface area contributed by atoms with Crippen LogP contribution in [0.3, 0.4) is 0 Å². The molecule has 0 unspecified atom stereocenters. The first kappa shape index (κ1) is 15.7. The van der Waals surface area contributed by atoms with Crippen LogP contribution in [0.5, 0.6) is 0 Å². The molecule has 0 atom stereocenters. The third-order valence-electron chi connectivity index (χ3n) is 4.04. The molecule has 4 aromatic rings. The maximum absolute atomic E-state index is 4.58. The first-order chi connectivity index (χ1) is 12.3. The van der Waals surface area contributed by atoms with Gasteiger partial charge in [-0.15, -0.1) is 11.3 Å². The lowest BCUT2D eigenvalue weighted by molar-refractivity contribution is 1.01. The van der Waals surface area contributed by atoms with Gasteiger partial charge in [-0.25, -0.2) is 9.97 Å². The monoisotopic (exact) mass is 346 g/mol. The van der Waals surface area contributed by atoms with Gasteiger partial charge in [0.05, 0.1) is 27.9 Å². The minimum absolute atomic E-state index is 0.813. The van der Waals surface area contributed by atoms with Crippen LogP contribution >= 0.6 is 11.3 Å². The van der Waals surface area contributed by atoms with Gasteiger partial charge in [0, 0.05) is 17.5 Å². The summed E-state index contributed by atoms with van der Waals surface area (Å²) in [7, 11) is 0. The van der Waals surface area contributed by atoms with Gasteiger partial charge in [0.15, 0.2) is 0 Å². The van der Waals surface area contributed by atoms with Crippen LogP contribution in [-0.2, 0) is 6.42 Å². The van der Waals surface area contributed by atoms with Crippen molar-refractivity contribution in [1.29, 1.82) is 0 Å². The van der Waals surface area contributed by atoms with Crippen molar-refractivity contribution < 1.29 is 0 Å². The smallest absolute Gasteiger partial charge is 0.145 e. The fraction of sp³-hybridized carbons (Fsp3) is 0.150. The molecule has 0 amide bonds. The van der Waals surface area contributed by atoms with Crippen LogP contribution in [0.25, 0.3) is 22.3 Å². The highest BCUT2D eigenvalue weighted by Crippen LogP contribution is 2.22. The third-order valence-corrected chi connectivity index (χ3v) is 4.81. The van der Waals surface area contributed by atoms with E-state index in [-0.39, 0.29) is 0 Å². The van der Waals surface area contributed by atoms with E-state index in [1.165, 1.54) is 11.1 Å². The molecular formula is C20H18N4S. The van der Waals surface area contributed by atoms with Crippen LogP contribution in [0, 0.1) is 6.92 Å².